The van der Waals surface area contributed by atoms with Crippen LogP contribution < -0.4 is 20.3 Å². The fraction of sp³-hybridized carbons (Fsp3) is 0.400. The molecule has 2 aromatic carbocycles. The van der Waals surface area contributed by atoms with Gasteiger partial charge in [0.2, 0.25) is 0 Å². The molecule has 2 amide bonds. The summed E-state index contributed by atoms with van der Waals surface area (Å²) in [5.41, 5.74) is 2.57. The number of aliphatic carboxylic acids is 2. The number of aliphatic imine (C=N–C) groups is 1. The predicted octanol–water partition coefficient (Wildman–Crippen LogP) is 3.65. The number of rotatable bonds is 10. The molecule has 218 valence electrons. The van der Waals surface area contributed by atoms with Crippen molar-refractivity contribution in [2.24, 2.45) is 10.9 Å². The number of piperazine rings is 1. The number of urea groups is 1. The topological polar surface area (TPSA) is 144 Å². The molecule has 0 radical (unpaired) electrons. The highest BCUT2D eigenvalue weighted by molar-refractivity contribution is 6.06. The number of anilines is 2. The molecule has 2 heterocycles. The molecule has 2 unspecified atom stereocenters. The molecule has 0 spiro atoms. The molecule has 2 aromatic rings. The number of nitrogens with one attached hydrogen (secondary N) is 2. The van der Waals surface area contributed by atoms with Gasteiger partial charge in [-0.1, -0.05) is 24.3 Å². The fourth-order valence-corrected chi connectivity index (χ4v) is 5.59. The number of amides is 2. The second-order valence-corrected chi connectivity index (χ2v) is 10.2. The van der Waals surface area contributed by atoms with Gasteiger partial charge in [0, 0.05) is 55.7 Å². The summed E-state index contributed by atoms with van der Waals surface area (Å²) in [4.78, 5) is 45.6. The van der Waals surface area contributed by atoms with E-state index in [9.17, 15) is 24.6 Å². The third-order valence-electron chi connectivity index (χ3n) is 7.56. The molecular formula is C30H37N5O6. The number of benzene rings is 2. The van der Waals surface area contributed by atoms with E-state index in [0.717, 1.165) is 50.6 Å². The summed E-state index contributed by atoms with van der Waals surface area (Å²) in [5.74, 6) is -3.55. The third kappa shape index (κ3) is 7.04. The number of carboxylic acid groups (broad SMARTS) is 2. The van der Waals surface area contributed by atoms with Crippen LogP contribution in [0.4, 0.5) is 16.2 Å². The van der Waals surface area contributed by atoms with E-state index in [0.29, 0.717) is 23.5 Å². The van der Waals surface area contributed by atoms with Crippen LogP contribution in [0.15, 0.2) is 64.8 Å². The molecule has 1 saturated heterocycles. The van der Waals surface area contributed by atoms with E-state index in [1.54, 1.807) is 45.2 Å². The molecule has 2 aliphatic heterocycles. The Bertz CT molecular complexity index is 1350. The van der Waals surface area contributed by atoms with E-state index >= 15 is 0 Å². The number of carboxylic acids is 2. The van der Waals surface area contributed by atoms with Crippen molar-refractivity contribution in [3.8, 4) is 5.75 Å². The largest absolute Gasteiger partial charge is 0.495 e. The minimum Gasteiger partial charge on any atom is -0.495 e. The minimum absolute atomic E-state index is 0.0617. The van der Waals surface area contributed by atoms with Crippen LogP contribution in [0.25, 0.3) is 0 Å². The molecule has 0 saturated carbocycles. The van der Waals surface area contributed by atoms with Crippen molar-refractivity contribution in [3.05, 3.63) is 65.4 Å². The van der Waals surface area contributed by atoms with Gasteiger partial charge < -0.3 is 30.5 Å². The summed E-state index contributed by atoms with van der Waals surface area (Å²) < 4.78 is 5.49. The summed E-state index contributed by atoms with van der Waals surface area (Å²) in [6.07, 6.45) is 0.787. The standard InChI is InChI=1S/C30H37N5O6/c1-19-25(28(36)37)27(26(29(38)39)20(2)32-19)21-8-6-9-22(18-21)33-30(40)31-12-7-13-34-14-16-35(17-15-34)23-10-4-5-11-24(23)41-3/h4-6,8-11,18,25,27H,7,12-17H2,1-3H3,(H,36,37)(H,38,39)(H2,31,33,40). The van der Waals surface area contributed by atoms with Gasteiger partial charge in [0.15, 0.2) is 0 Å². The molecule has 11 nitrogen and oxygen atoms in total. The average Bonchev–Trinajstić information content (AvgIpc) is 2.95. The Hall–Kier alpha value is -4.38. The van der Waals surface area contributed by atoms with Gasteiger partial charge in [-0.15, -0.1) is 0 Å². The number of carbonyl (C=O) groups is 3. The summed E-state index contributed by atoms with van der Waals surface area (Å²) in [5, 5.41) is 25.3. The molecule has 1 fully saturated rings. The minimum atomic E-state index is -1.22. The van der Waals surface area contributed by atoms with Crippen LogP contribution in [0.5, 0.6) is 5.75 Å². The van der Waals surface area contributed by atoms with Crippen LogP contribution in [0.1, 0.15) is 31.7 Å². The van der Waals surface area contributed by atoms with Crippen molar-refractivity contribution in [1.29, 1.82) is 0 Å². The molecule has 0 bridgehead atoms. The van der Waals surface area contributed by atoms with E-state index in [1.807, 2.05) is 18.2 Å². The van der Waals surface area contributed by atoms with Crippen molar-refractivity contribution in [1.82, 2.24) is 10.2 Å². The van der Waals surface area contributed by atoms with Crippen LogP contribution in [-0.4, -0.2) is 85.2 Å². The van der Waals surface area contributed by atoms with E-state index < -0.39 is 23.8 Å². The Morgan fingerprint density at radius 3 is 2.44 bits per heavy atom. The normalized spacial score (nSPS) is 19.4. The first kappa shape index (κ1) is 29.6. The second-order valence-electron chi connectivity index (χ2n) is 10.2. The number of hydrogen-bond acceptors (Lipinski definition) is 7. The molecule has 2 aliphatic rings. The van der Waals surface area contributed by atoms with Crippen molar-refractivity contribution in [2.45, 2.75) is 26.2 Å². The number of nitrogens with zero attached hydrogens (tertiary/aromatic N) is 3. The zero-order chi connectivity index (χ0) is 29.5. The van der Waals surface area contributed by atoms with E-state index in [1.165, 1.54) is 0 Å². The van der Waals surface area contributed by atoms with Gasteiger partial charge in [0.25, 0.3) is 0 Å². The number of methoxy groups -OCH3 is 1. The van der Waals surface area contributed by atoms with E-state index in [2.05, 4.69) is 31.5 Å². The average molecular weight is 564 g/mol. The number of ether oxygens (including phenoxy) is 1. The molecule has 41 heavy (non-hydrogen) atoms. The Kier molecular flexibility index (Phi) is 9.61. The maximum absolute atomic E-state index is 12.6. The summed E-state index contributed by atoms with van der Waals surface area (Å²) in [6.45, 7) is 8.15. The SMILES string of the molecule is COc1ccccc1N1CCN(CCCNC(=O)Nc2cccc(C3C(C(=O)O)=C(C)N=C(C)C3C(=O)O)c2)CC1. The monoisotopic (exact) mass is 563 g/mol. The first-order valence-electron chi connectivity index (χ1n) is 13.7. The lowest BCUT2D eigenvalue weighted by Gasteiger charge is -2.36. The second kappa shape index (κ2) is 13.3. The number of para-hydroxylation sites is 2. The lowest BCUT2D eigenvalue weighted by molar-refractivity contribution is -0.140. The van der Waals surface area contributed by atoms with Crippen LogP contribution >= 0.6 is 0 Å². The zero-order valence-electron chi connectivity index (χ0n) is 23.6. The fourth-order valence-electron chi connectivity index (χ4n) is 5.59. The molecule has 0 aliphatic carbocycles. The summed E-state index contributed by atoms with van der Waals surface area (Å²) in [6, 6.07) is 14.3. The lowest BCUT2D eigenvalue weighted by Crippen LogP contribution is -2.47. The Morgan fingerprint density at radius 1 is 1.02 bits per heavy atom. The number of hydrogen-bond donors (Lipinski definition) is 4. The van der Waals surface area contributed by atoms with Crippen LogP contribution in [0, 0.1) is 5.92 Å². The maximum atomic E-state index is 12.6. The summed E-state index contributed by atoms with van der Waals surface area (Å²) >= 11 is 0. The highest BCUT2D eigenvalue weighted by Crippen LogP contribution is 2.39. The first-order valence-corrected chi connectivity index (χ1v) is 13.7. The van der Waals surface area contributed by atoms with Crippen molar-refractivity contribution in [2.75, 3.05) is 56.6 Å². The van der Waals surface area contributed by atoms with Gasteiger partial charge in [-0.2, -0.15) is 0 Å². The number of carbonyl (C=O) groups excluding carboxylic acids is 1. The van der Waals surface area contributed by atoms with Crippen LogP contribution in [0.2, 0.25) is 0 Å². The van der Waals surface area contributed by atoms with Gasteiger partial charge in [-0.05, 0) is 56.6 Å². The van der Waals surface area contributed by atoms with Gasteiger partial charge in [-0.25, -0.2) is 9.59 Å². The quantitative estimate of drug-likeness (QED) is 0.321. The Morgan fingerprint density at radius 2 is 1.76 bits per heavy atom. The third-order valence-corrected chi connectivity index (χ3v) is 7.56. The molecule has 2 atom stereocenters. The highest BCUT2D eigenvalue weighted by atomic mass is 16.5. The number of allylic oxidation sites excluding steroid dienone is 1. The van der Waals surface area contributed by atoms with Crippen LogP contribution in [0.3, 0.4) is 0 Å². The molecular weight excluding hydrogens is 526 g/mol. The highest BCUT2D eigenvalue weighted by Gasteiger charge is 2.41. The maximum Gasteiger partial charge on any atom is 0.334 e. The molecule has 11 heteroatoms. The Labute approximate surface area is 239 Å². The molecule has 0 aromatic heterocycles. The molecule has 4 N–H and O–H groups in total. The zero-order valence-corrected chi connectivity index (χ0v) is 23.6. The summed E-state index contributed by atoms with van der Waals surface area (Å²) in [7, 11) is 1.68. The molecule has 4 rings (SSSR count). The lowest BCUT2D eigenvalue weighted by atomic mass is 9.75. The van der Waals surface area contributed by atoms with Crippen molar-refractivity contribution < 1.29 is 29.3 Å². The smallest absolute Gasteiger partial charge is 0.334 e. The van der Waals surface area contributed by atoms with Gasteiger partial charge in [-0.3, -0.25) is 14.7 Å². The Balaban J connectivity index is 1.28. The van der Waals surface area contributed by atoms with Crippen molar-refractivity contribution in [3.63, 3.8) is 0 Å². The van der Waals surface area contributed by atoms with E-state index in [4.69, 9.17) is 4.74 Å². The van der Waals surface area contributed by atoms with E-state index in [-0.39, 0.29) is 17.3 Å². The first-order chi connectivity index (χ1) is 19.7. The van der Waals surface area contributed by atoms with Gasteiger partial charge >= 0.3 is 18.0 Å². The van der Waals surface area contributed by atoms with Gasteiger partial charge in [0.05, 0.1) is 18.4 Å². The predicted molar refractivity (Wildman–Crippen MR) is 157 cm³/mol. The van der Waals surface area contributed by atoms with Crippen LogP contribution in [-0.2, 0) is 9.59 Å². The van der Waals surface area contributed by atoms with Gasteiger partial charge in [0.1, 0.15) is 11.7 Å². The van der Waals surface area contributed by atoms with Crippen molar-refractivity contribution >= 4 is 35.1 Å².